The number of anilines is 1. The van der Waals surface area contributed by atoms with Gasteiger partial charge in [0.25, 0.3) is 0 Å². The van der Waals surface area contributed by atoms with Gasteiger partial charge in [-0.2, -0.15) is 5.10 Å². The van der Waals surface area contributed by atoms with E-state index in [4.69, 9.17) is 5.11 Å². The monoisotopic (exact) mass is 273 g/mol. The standard InChI is InChI=1S/C14H19N5O/c1-11-16-17-12(2)19(11)15-10-13-4-6-14(7-5-13)18(3)8-9-20/h4-7,10,20H,8-9H2,1-3H3. The lowest BCUT2D eigenvalue weighted by atomic mass is 10.2. The first-order valence-corrected chi connectivity index (χ1v) is 6.47. The van der Waals surface area contributed by atoms with Crippen molar-refractivity contribution in [1.82, 2.24) is 14.9 Å². The molecule has 0 bridgehead atoms. The Bertz CT molecular complexity index is 569. The second-order valence-corrected chi connectivity index (χ2v) is 4.59. The lowest BCUT2D eigenvalue weighted by molar-refractivity contribution is 0.304. The van der Waals surface area contributed by atoms with E-state index in [-0.39, 0.29) is 6.61 Å². The van der Waals surface area contributed by atoms with Gasteiger partial charge in [0.05, 0.1) is 12.8 Å². The lowest BCUT2D eigenvalue weighted by Crippen LogP contribution is -2.20. The van der Waals surface area contributed by atoms with E-state index in [1.165, 1.54) is 0 Å². The van der Waals surface area contributed by atoms with Gasteiger partial charge in [-0.15, -0.1) is 10.2 Å². The van der Waals surface area contributed by atoms with Crippen LogP contribution in [0.25, 0.3) is 0 Å². The van der Waals surface area contributed by atoms with E-state index in [0.29, 0.717) is 6.54 Å². The third kappa shape index (κ3) is 3.21. The maximum atomic E-state index is 8.92. The molecule has 0 saturated heterocycles. The summed E-state index contributed by atoms with van der Waals surface area (Å²) < 4.78 is 1.70. The van der Waals surface area contributed by atoms with Crippen molar-refractivity contribution in [3.8, 4) is 0 Å². The average molecular weight is 273 g/mol. The van der Waals surface area contributed by atoms with Crippen molar-refractivity contribution >= 4 is 11.9 Å². The Labute approximate surface area is 118 Å². The van der Waals surface area contributed by atoms with Crippen molar-refractivity contribution in [3.05, 3.63) is 41.5 Å². The molecule has 0 saturated carbocycles. The van der Waals surface area contributed by atoms with Gasteiger partial charge in [0.15, 0.2) is 11.6 Å². The fraction of sp³-hybridized carbons (Fsp3) is 0.357. The van der Waals surface area contributed by atoms with Crippen LogP contribution in [0.1, 0.15) is 17.2 Å². The minimum absolute atomic E-state index is 0.145. The summed E-state index contributed by atoms with van der Waals surface area (Å²) in [7, 11) is 1.95. The first kappa shape index (κ1) is 14.2. The molecule has 0 unspecified atom stereocenters. The van der Waals surface area contributed by atoms with Crippen LogP contribution in [0.3, 0.4) is 0 Å². The SMILES string of the molecule is Cc1nnc(C)n1N=Cc1ccc(N(C)CCO)cc1. The maximum absolute atomic E-state index is 8.92. The van der Waals surface area contributed by atoms with Crippen LogP contribution in [0.5, 0.6) is 0 Å². The van der Waals surface area contributed by atoms with Crippen molar-refractivity contribution < 1.29 is 5.11 Å². The van der Waals surface area contributed by atoms with Crippen molar-refractivity contribution in [2.45, 2.75) is 13.8 Å². The highest BCUT2D eigenvalue weighted by Crippen LogP contribution is 2.12. The first-order valence-electron chi connectivity index (χ1n) is 6.47. The van der Waals surface area contributed by atoms with Gasteiger partial charge in [-0.05, 0) is 31.5 Å². The van der Waals surface area contributed by atoms with Crippen molar-refractivity contribution in [2.24, 2.45) is 5.10 Å². The minimum Gasteiger partial charge on any atom is -0.395 e. The topological polar surface area (TPSA) is 66.5 Å². The molecule has 0 amide bonds. The van der Waals surface area contributed by atoms with Gasteiger partial charge in [-0.1, -0.05) is 12.1 Å². The quantitative estimate of drug-likeness (QED) is 0.831. The molecule has 6 heteroatoms. The van der Waals surface area contributed by atoms with E-state index >= 15 is 0 Å². The van der Waals surface area contributed by atoms with Crippen LogP contribution in [0, 0.1) is 13.8 Å². The molecule has 0 aliphatic heterocycles. The number of aryl methyl sites for hydroxylation is 2. The third-order valence-corrected chi connectivity index (χ3v) is 3.04. The number of hydrogen-bond acceptors (Lipinski definition) is 5. The predicted molar refractivity (Wildman–Crippen MR) is 79.3 cm³/mol. The molecule has 2 aromatic rings. The van der Waals surface area contributed by atoms with Gasteiger partial charge in [-0.25, -0.2) is 4.68 Å². The van der Waals surface area contributed by atoms with Crippen LogP contribution in [0.4, 0.5) is 5.69 Å². The number of rotatable bonds is 5. The van der Waals surface area contributed by atoms with Crippen molar-refractivity contribution in [2.75, 3.05) is 25.1 Å². The Hall–Kier alpha value is -2.21. The van der Waals surface area contributed by atoms with Crippen molar-refractivity contribution in [3.63, 3.8) is 0 Å². The fourth-order valence-corrected chi connectivity index (χ4v) is 1.85. The van der Waals surface area contributed by atoms with Gasteiger partial charge in [0, 0.05) is 19.3 Å². The number of hydrogen-bond donors (Lipinski definition) is 1. The molecular weight excluding hydrogens is 254 g/mol. The molecule has 20 heavy (non-hydrogen) atoms. The molecule has 0 fully saturated rings. The van der Waals surface area contributed by atoms with Gasteiger partial charge < -0.3 is 10.0 Å². The molecule has 0 aliphatic rings. The van der Waals surface area contributed by atoms with E-state index < -0.39 is 0 Å². The van der Waals surface area contributed by atoms with E-state index in [9.17, 15) is 0 Å². The number of aromatic nitrogens is 3. The van der Waals surface area contributed by atoms with Gasteiger partial charge in [0.2, 0.25) is 0 Å². The zero-order valence-electron chi connectivity index (χ0n) is 12.0. The third-order valence-electron chi connectivity index (χ3n) is 3.04. The molecule has 106 valence electrons. The Balaban J connectivity index is 2.11. The lowest BCUT2D eigenvalue weighted by Gasteiger charge is -2.17. The first-order chi connectivity index (χ1) is 9.61. The summed E-state index contributed by atoms with van der Waals surface area (Å²) in [5.74, 6) is 1.52. The molecule has 1 aromatic carbocycles. The summed E-state index contributed by atoms with van der Waals surface area (Å²) in [6.07, 6.45) is 1.78. The zero-order valence-corrected chi connectivity index (χ0v) is 12.0. The number of aliphatic hydroxyl groups is 1. The largest absolute Gasteiger partial charge is 0.395 e. The highest BCUT2D eigenvalue weighted by molar-refractivity contribution is 5.80. The van der Waals surface area contributed by atoms with Crippen LogP contribution < -0.4 is 4.90 Å². The van der Waals surface area contributed by atoms with Gasteiger partial charge in [0.1, 0.15) is 0 Å². The predicted octanol–water partition coefficient (Wildman–Crippen LogP) is 1.21. The van der Waals surface area contributed by atoms with Gasteiger partial charge >= 0.3 is 0 Å². The minimum atomic E-state index is 0.145. The fourth-order valence-electron chi connectivity index (χ4n) is 1.85. The molecule has 1 N–H and O–H groups in total. The Morgan fingerprint density at radius 3 is 2.35 bits per heavy atom. The molecule has 0 spiro atoms. The van der Waals surface area contributed by atoms with Crippen LogP contribution in [-0.2, 0) is 0 Å². The molecule has 0 aliphatic carbocycles. The Morgan fingerprint density at radius 1 is 1.20 bits per heavy atom. The summed E-state index contributed by atoms with van der Waals surface area (Å²) in [5.41, 5.74) is 2.06. The number of aliphatic hydroxyl groups excluding tert-OH is 1. The summed E-state index contributed by atoms with van der Waals surface area (Å²) in [6, 6.07) is 7.98. The second-order valence-electron chi connectivity index (χ2n) is 4.59. The van der Waals surface area contributed by atoms with Gasteiger partial charge in [-0.3, -0.25) is 0 Å². The maximum Gasteiger partial charge on any atom is 0.151 e. The molecular formula is C14H19N5O. The Morgan fingerprint density at radius 2 is 1.80 bits per heavy atom. The smallest absolute Gasteiger partial charge is 0.151 e. The highest BCUT2D eigenvalue weighted by atomic mass is 16.3. The van der Waals surface area contributed by atoms with E-state index in [0.717, 1.165) is 22.9 Å². The second kappa shape index (κ2) is 6.29. The Kier molecular flexibility index (Phi) is 4.47. The number of nitrogens with zero attached hydrogens (tertiary/aromatic N) is 5. The van der Waals surface area contributed by atoms with Crippen LogP contribution >= 0.6 is 0 Å². The zero-order chi connectivity index (χ0) is 14.5. The molecule has 1 heterocycles. The summed E-state index contributed by atoms with van der Waals surface area (Å²) in [6.45, 7) is 4.49. The molecule has 1 aromatic heterocycles. The number of benzene rings is 1. The highest BCUT2D eigenvalue weighted by Gasteiger charge is 2.02. The van der Waals surface area contributed by atoms with Crippen LogP contribution in [0.2, 0.25) is 0 Å². The summed E-state index contributed by atoms with van der Waals surface area (Å²) in [5, 5.41) is 21.2. The molecule has 2 rings (SSSR count). The van der Waals surface area contributed by atoms with E-state index in [1.54, 1.807) is 10.9 Å². The van der Waals surface area contributed by atoms with Crippen LogP contribution in [0.15, 0.2) is 29.4 Å². The molecule has 0 radical (unpaired) electrons. The molecule has 6 nitrogen and oxygen atoms in total. The molecule has 0 atom stereocenters. The summed E-state index contributed by atoms with van der Waals surface area (Å²) >= 11 is 0. The van der Waals surface area contributed by atoms with Crippen LogP contribution in [-0.4, -0.2) is 46.4 Å². The summed E-state index contributed by atoms with van der Waals surface area (Å²) in [4.78, 5) is 2.00. The average Bonchev–Trinajstić information content (AvgIpc) is 2.77. The normalized spacial score (nSPS) is 11.2. The van der Waals surface area contributed by atoms with Crippen molar-refractivity contribution in [1.29, 1.82) is 0 Å². The number of likely N-dealkylation sites (N-methyl/N-ethyl adjacent to an activating group) is 1. The van der Waals surface area contributed by atoms with E-state index in [2.05, 4.69) is 15.3 Å². The van der Waals surface area contributed by atoms with E-state index in [1.807, 2.05) is 50.1 Å².